The Hall–Kier alpha value is -3.06. The van der Waals surface area contributed by atoms with E-state index in [0.717, 1.165) is 12.8 Å². The molecule has 7 rings (SSSR count). The predicted molar refractivity (Wildman–Crippen MR) is 130 cm³/mol. The van der Waals surface area contributed by atoms with Crippen LogP contribution in [0.3, 0.4) is 0 Å². The van der Waals surface area contributed by atoms with E-state index >= 15 is 0 Å². The molecule has 1 aliphatic carbocycles. The third-order valence-corrected chi connectivity index (χ3v) is 8.01. The summed E-state index contributed by atoms with van der Waals surface area (Å²) < 4.78 is 36.6. The van der Waals surface area contributed by atoms with Crippen LogP contribution in [0, 0.1) is 10.2 Å². The van der Waals surface area contributed by atoms with Gasteiger partial charge in [0.15, 0.2) is 17.4 Å². The smallest absolute Gasteiger partial charge is 0.194 e. The Labute approximate surface area is 220 Å². The van der Waals surface area contributed by atoms with Crippen molar-refractivity contribution in [3.63, 3.8) is 0 Å². The summed E-state index contributed by atoms with van der Waals surface area (Å²) in [7, 11) is -4.94. The van der Waals surface area contributed by atoms with E-state index in [1.54, 1.807) is 0 Å². The molecule has 0 fully saturated rings. The van der Waals surface area contributed by atoms with Crippen LogP contribution >= 0.6 is 0 Å². The van der Waals surface area contributed by atoms with Gasteiger partial charge in [-0.05, 0) is 23.1 Å². The van der Waals surface area contributed by atoms with Crippen LogP contribution in [-0.4, -0.2) is 0 Å². The number of fused-ring (bicyclic) bond motifs is 1. The van der Waals surface area contributed by atoms with Crippen molar-refractivity contribution in [1.82, 2.24) is 0 Å². The zero-order chi connectivity index (χ0) is 26.1. The van der Waals surface area contributed by atoms with Crippen molar-refractivity contribution in [3.8, 4) is 0 Å². The van der Waals surface area contributed by atoms with Gasteiger partial charge in [0.1, 0.15) is 0 Å². The van der Waals surface area contributed by atoms with Crippen LogP contribution in [0.2, 0.25) is 0 Å². The summed E-state index contributed by atoms with van der Waals surface area (Å²) in [5.41, 5.74) is 7.22. The van der Waals surface area contributed by atoms with Gasteiger partial charge in [0.2, 0.25) is 0 Å². The molecular weight excluding hydrogens is 486 g/mol. The molecule has 5 nitrogen and oxygen atoms in total. The summed E-state index contributed by atoms with van der Waals surface area (Å²) in [4.78, 5) is 0. The average Bonchev–Trinajstić information content (AvgIpc) is 2.92. The van der Waals surface area contributed by atoms with Crippen LogP contribution < -0.4 is 23.2 Å². The van der Waals surface area contributed by atoms with Gasteiger partial charge in [-0.15, -0.1) is 10.2 Å². The highest BCUT2D eigenvalue weighted by Crippen LogP contribution is 2.62. The van der Waals surface area contributed by atoms with E-state index in [2.05, 4.69) is 121 Å². The van der Waals surface area contributed by atoms with Gasteiger partial charge in [0.25, 0.3) is 0 Å². The molecule has 190 valence electrons. The van der Waals surface area contributed by atoms with Gasteiger partial charge in [-0.2, -0.15) is 4.57 Å². The summed E-state index contributed by atoms with van der Waals surface area (Å²) in [5.74, 6) is 0.285. The Morgan fingerprint density at radius 3 is 1.89 bits per heavy atom. The summed E-state index contributed by atoms with van der Waals surface area (Å²) >= 11 is 0. The van der Waals surface area contributed by atoms with Crippen LogP contribution in [-0.2, 0) is 11.0 Å². The number of pyridine rings is 1. The van der Waals surface area contributed by atoms with Gasteiger partial charge in [-0.3, -0.25) is 0 Å². The number of hydrogen-bond donors (Lipinski definition) is 0. The van der Waals surface area contributed by atoms with Gasteiger partial charge < -0.3 is 0 Å². The topological polar surface area (TPSA) is 96.1 Å². The molecule has 0 saturated carbocycles. The highest BCUT2D eigenvalue weighted by Gasteiger charge is 2.65. The zero-order valence-corrected chi connectivity index (χ0v) is 21.5. The predicted octanol–water partition coefficient (Wildman–Crippen LogP) is 1.99. The molecule has 4 aromatic rings. The average molecular weight is 516 g/mol. The van der Waals surface area contributed by atoms with E-state index in [1.165, 1.54) is 40.8 Å². The molecule has 2 unspecified atom stereocenters. The van der Waals surface area contributed by atoms with Gasteiger partial charge >= 0.3 is 0 Å². The second-order valence-electron chi connectivity index (χ2n) is 9.91. The number of nitrogens with zero attached hydrogens (tertiary/aromatic N) is 1. The van der Waals surface area contributed by atoms with Crippen molar-refractivity contribution in [2.75, 3.05) is 0 Å². The maximum atomic E-state index is 8.49. The molecule has 2 aliphatic heterocycles. The van der Waals surface area contributed by atoms with E-state index < -0.39 is 10.2 Å². The first-order chi connectivity index (χ1) is 17.8. The lowest BCUT2D eigenvalue weighted by Crippen LogP contribution is -2.70. The van der Waals surface area contributed by atoms with Gasteiger partial charge in [0, 0.05) is 36.0 Å². The summed E-state index contributed by atoms with van der Waals surface area (Å²) in [6.45, 7) is 2.31. The van der Waals surface area contributed by atoms with Crippen LogP contribution in [0.1, 0.15) is 66.5 Å². The number of halogens is 1. The van der Waals surface area contributed by atoms with Crippen molar-refractivity contribution in [2.45, 2.75) is 49.5 Å². The standard InChI is InChI=1S/C31H30N.ClHO4/c1-2-3-21-30-23-31(24-14-6-4-7-15-24,25-16-8-5-9-17-25)29(26-18-10-11-19-27(26)30)28-20-12-13-22-32(28)30;2-1(3,4)5/h4-20,22,29H,2-3,21,23H2,1H3;(H,2,3,4,5)/q+1;/p-1. The molecule has 2 atom stereocenters. The number of benzene rings is 3. The minimum atomic E-state index is -4.94. The second kappa shape index (κ2) is 10.0. The lowest BCUT2D eigenvalue weighted by Gasteiger charge is -2.55. The highest BCUT2D eigenvalue weighted by atomic mass is 35.7. The third-order valence-electron chi connectivity index (χ3n) is 8.01. The van der Waals surface area contributed by atoms with Crippen LogP contribution in [0.15, 0.2) is 109 Å². The van der Waals surface area contributed by atoms with E-state index in [9.17, 15) is 0 Å². The third kappa shape index (κ3) is 4.48. The quantitative estimate of drug-likeness (QED) is 0.380. The Morgan fingerprint density at radius 1 is 0.757 bits per heavy atom. The SMILES string of the molecule is CCCCC12CC(c3ccccc3)(c3ccccc3)C(c3ccccc31)c1cccc[n+]12.[O-][Cl+3]([O-])([O-])[O-]. The molecule has 0 amide bonds. The maximum absolute atomic E-state index is 8.49. The first kappa shape index (κ1) is 25.6. The van der Waals surface area contributed by atoms with Crippen molar-refractivity contribution in [1.29, 1.82) is 0 Å². The zero-order valence-electron chi connectivity index (χ0n) is 20.8. The van der Waals surface area contributed by atoms with Crippen LogP contribution in [0.5, 0.6) is 0 Å². The van der Waals surface area contributed by atoms with Gasteiger partial charge in [-0.25, -0.2) is 18.6 Å². The Bertz CT molecular complexity index is 1260. The minimum Gasteiger partial charge on any atom is -0.222 e. The maximum Gasteiger partial charge on any atom is 0.194 e. The molecule has 0 saturated heterocycles. The molecule has 2 bridgehead atoms. The van der Waals surface area contributed by atoms with Gasteiger partial charge in [-0.1, -0.05) is 104 Å². The number of rotatable bonds is 5. The molecule has 0 N–H and O–H groups in total. The van der Waals surface area contributed by atoms with E-state index in [1.807, 2.05) is 0 Å². The van der Waals surface area contributed by atoms with E-state index in [4.69, 9.17) is 18.6 Å². The van der Waals surface area contributed by atoms with E-state index in [-0.39, 0.29) is 16.9 Å². The highest BCUT2D eigenvalue weighted by molar-refractivity contribution is 5.56. The number of hydrogen-bond acceptors (Lipinski definition) is 4. The lowest BCUT2D eigenvalue weighted by atomic mass is 9.49. The molecule has 3 aliphatic rings. The summed E-state index contributed by atoms with van der Waals surface area (Å²) in [6.07, 6.45) is 7.03. The van der Waals surface area contributed by atoms with Crippen LogP contribution in [0.4, 0.5) is 0 Å². The Kier molecular flexibility index (Phi) is 6.92. The first-order valence-corrected chi connectivity index (χ1v) is 13.9. The minimum absolute atomic E-state index is 0.0381. The van der Waals surface area contributed by atoms with Crippen molar-refractivity contribution in [3.05, 3.63) is 137 Å². The molecular formula is C31H30ClNO4. The first-order valence-electron chi connectivity index (χ1n) is 12.6. The molecule has 0 radical (unpaired) electrons. The number of unbranched alkanes of at least 4 members (excludes halogenated alkanes) is 1. The van der Waals surface area contributed by atoms with Crippen LogP contribution in [0.25, 0.3) is 0 Å². The largest absolute Gasteiger partial charge is 0.222 e. The fourth-order valence-corrected chi connectivity index (χ4v) is 6.79. The lowest BCUT2D eigenvalue weighted by molar-refractivity contribution is -2.00. The summed E-state index contributed by atoms with van der Waals surface area (Å²) in [5, 5.41) is 0. The number of aromatic nitrogens is 1. The Morgan fingerprint density at radius 2 is 1.30 bits per heavy atom. The molecule has 3 heterocycles. The normalized spacial score (nSPS) is 20.8. The van der Waals surface area contributed by atoms with Gasteiger partial charge in [0.05, 0.1) is 5.92 Å². The molecule has 0 spiro atoms. The van der Waals surface area contributed by atoms with Crippen molar-refractivity contribution >= 4 is 0 Å². The molecule has 1 aromatic heterocycles. The molecule has 6 heteroatoms. The second-order valence-corrected chi connectivity index (χ2v) is 10.7. The summed E-state index contributed by atoms with van der Waals surface area (Å²) in [6, 6.07) is 38.7. The monoisotopic (exact) mass is 515 g/mol. The fraction of sp³-hybridized carbons (Fsp3) is 0.258. The molecule has 37 heavy (non-hydrogen) atoms. The van der Waals surface area contributed by atoms with E-state index in [0.29, 0.717) is 0 Å². The van der Waals surface area contributed by atoms with Crippen molar-refractivity contribution < 1.29 is 33.4 Å². The molecule has 3 aromatic carbocycles. The van der Waals surface area contributed by atoms with Crippen molar-refractivity contribution in [2.24, 2.45) is 0 Å². The Balaban J connectivity index is 0.000000514. The fourth-order valence-electron chi connectivity index (χ4n) is 6.79.